The number of rotatable bonds is 7. The molecule has 27 heavy (non-hydrogen) atoms. The molecule has 0 saturated carbocycles. The lowest BCUT2D eigenvalue weighted by Crippen LogP contribution is -2.50. The third-order valence-corrected chi connectivity index (χ3v) is 4.15. The van der Waals surface area contributed by atoms with Crippen molar-refractivity contribution in [2.75, 3.05) is 45.9 Å². The van der Waals surface area contributed by atoms with Gasteiger partial charge in [-0.05, 0) is 32.9 Å². The van der Waals surface area contributed by atoms with Crippen LogP contribution in [0.3, 0.4) is 0 Å². The van der Waals surface area contributed by atoms with Crippen molar-refractivity contribution in [2.24, 2.45) is 0 Å². The Kier molecular flexibility index (Phi) is 7.91. The molecule has 0 aromatic heterocycles. The lowest BCUT2D eigenvalue weighted by molar-refractivity contribution is -0.132. The number of ether oxygens (including phenoxy) is 2. The van der Waals surface area contributed by atoms with Crippen molar-refractivity contribution in [3.05, 3.63) is 30.3 Å². The number of nitrogens with one attached hydrogen (secondary N) is 1. The summed E-state index contributed by atoms with van der Waals surface area (Å²) in [7, 11) is 0. The number of para-hydroxylation sites is 1. The van der Waals surface area contributed by atoms with Gasteiger partial charge in [0, 0.05) is 45.7 Å². The first kappa shape index (κ1) is 21.0. The van der Waals surface area contributed by atoms with Crippen molar-refractivity contribution < 1.29 is 19.1 Å². The van der Waals surface area contributed by atoms with Gasteiger partial charge in [-0.1, -0.05) is 18.2 Å². The highest BCUT2D eigenvalue weighted by atomic mass is 16.6. The van der Waals surface area contributed by atoms with Gasteiger partial charge in [0.05, 0.1) is 0 Å². The Morgan fingerprint density at radius 2 is 1.74 bits per heavy atom. The van der Waals surface area contributed by atoms with Crippen LogP contribution in [0.15, 0.2) is 30.3 Å². The molecular formula is C20H31N3O4. The Balaban J connectivity index is 1.58. The number of amides is 2. The second kappa shape index (κ2) is 10.2. The third-order valence-electron chi connectivity index (χ3n) is 4.15. The molecule has 1 saturated heterocycles. The maximum atomic E-state index is 12.3. The fraction of sp³-hybridized carbons (Fsp3) is 0.600. The number of piperazine rings is 1. The second-order valence-corrected chi connectivity index (χ2v) is 7.56. The van der Waals surface area contributed by atoms with Crippen LogP contribution in [0.25, 0.3) is 0 Å². The van der Waals surface area contributed by atoms with Crippen molar-refractivity contribution in [3.63, 3.8) is 0 Å². The normalized spacial score (nSPS) is 15.3. The molecule has 1 aliphatic heterocycles. The zero-order chi connectivity index (χ0) is 19.7. The van der Waals surface area contributed by atoms with Crippen LogP contribution in [-0.4, -0.2) is 73.3 Å². The predicted octanol–water partition coefficient (Wildman–Crippen LogP) is 2.12. The highest BCUT2D eigenvalue weighted by molar-refractivity contribution is 5.77. The maximum absolute atomic E-state index is 12.3. The zero-order valence-corrected chi connectivity index (χ0v) is 16.6. The molecule has 0 aliphatic carbocycles. The van der Waals surface area contributed by atoms with Crippen LogP contribution < -0.4 is 10.1 Å². The third kappa shape index (κ3) is 8.30. The van der Waals surface area contributed by atoms with E-state index in [1.807, 2.05) is 56.0 Å². The fourth-order valence-electron chi connectivity index (χ4n) is 2.77. The SMILES string of the molecule is CC(C)(C)OC(=O)NCCC(=O)N1CCN(CCOc2ccccc2)CC1. The molecule has 150 valence electrons. The summed E-state index contributed by atoms with van der Waals surface area (Å²) < 4.78 is 10.9. The molecule has 1 aromatic carbocycles. The standard InChI is InChI=1S/C20H31N3O4/c1-20(2,3)27-19(25)21-10-9-18(24)23-13-11-22(12-14-23)15-16-26-17-7-5-4-6-8-17/h4-8H,9-16H2,1-3H3,(H,21,25). The van der Waals surface area contributed by atoms with Crippen molar-refractivity contribution in [3.8, 4) is 5.75 Å². The van der Waals surface area contributed by atoms with Gasteiger partial charge in [-0.2, -0.15) is 0 Å². The molecule has 1 fully saturated rings. The molecule has 1 heterocycles. The lowest BCUT2D eigenvalue weighted by Gasteiger charge is -2.34. The molecule has 1 N–H and O–H groups in total. The molecule has 2 rings (SSSR count). The summed E-state index contributed by atoms with van der Waals surface area (Å²) in [5, 5.41) is 2.63. The van der Waals surface area contributed by atoms with Gasteiger partial charge in [-0.15, -0.1) is 0 Å². The molecule has 0 radical (unpaired) electrons. The highest BCUT2D eigenvalue weighted by Gasteiger charge is 2.21. The smallest absolute Gasteiger partial charge is 0.407 e. The fourth-order valence-corrected chi connectivity index (χ4v) is 2.77. The molecule has 7 heteroatoms. The molecule has 1 aromatic rings. The van der Waals surface area contributed by atoms with E-state index in [0.717, 1.165) is 25.4 Å². The van der Waals surface area contributed by atoms with E-state index in [1.54, 1.807) is 0 Å². The van der Waals surface area contributed by atoms with Crippen molar-refractivity contribution in [1.29, 1.82) is 0 Å². The van der Waals surface area contributed by atoms with E-state index in [1.165, 1.54) is 0 Å². The average Bonchev–Trinajstić information content (AvgIpc) is 2.61. The number of alkyl carbamates (subject to hydrolysis) is 1. The molecule has 2 amide bonds. The van der Waals surface area contributed by atoms with E-state index in [0.29, 0.717) is 26.2 Å². The lowest BCUT2D eigenvalue weighted by atomic mass is 10.2. The Bertz CT molecular complexity index is 593. The monoisotopic (exact) mass is 377 g/mol. The van der Waals surface area contributed by atoms with E-state index >= 15 is 0 Å². The van der Waals surface area contributed by atoms with Crippen molar-refractivity contribution >= 4 is 12.0 Å². The van der Waals surface area contributed by atoms with Gasteiger partial charge in [0.15, 0.2) is 0 Å². The first-order valence-corrected chi connectivity index (χ1v) is 9.48. The second-order valence-electron chi connectivity index (χ2n) is 7.56. The minimum absolute atomic E-state index is 0.0613. The summed E-state index contributed by atoms with van der Waals surface area (Å²) in [6, 6.07) is 9.77. The molecule has 0 spiro atoms. The molecular weight excluding hydrogens is 346 g/mol. The van der Waals surface area contributed by atoms with E-state index in [2.05, 4.69) is 10.2 Å². The summed E-state index contributed by atoms with van der Waals surface area (Å²) in [5.41, 5.74) is -0.533. The van der Waals surface area contributed by atoms with Crippen LogP contribution in [0.4, 0.5) is 4.79 Å². The number of nitrogens with zero attached hydrogens (tertiary/aromatic N) is 2. The van der Waals surface area contributed by atoms with Crippen LogP contribution in [-0.2, 0) is 9.53 Å². The number of hydrogen-bond donors (Lipinski definition) is 1. The van der Waals surface area contributed by atoms with Gasteiger partial charge in [0.1, 0.15) is 18.0 Å². The predicted molar refractivity (Wildman–Crippen MR) is 104 cm³/mol. The average molecular weight is 377 g/mol. The first-order valence-electron chi connectivity index (χ1n) is 9.48. The van der Waals surface area contributed by atoms with E-state index in [4.69, 9.17) is 9.47 Å². The molecule has 7 nitrogen and oxygen atoms in total. The van der Waals surface area contributed by atoms with Crippen LogP contribution in [0.1, 0.15) is 27.2 Å². The van der Waals surface area contributed by atoms with E-state index < -0.39 is 11.7 Å². The largest absolute Gasteiger partial charge is 0.492 e. The van der Waals surface area contributed by atoms with Gasteiger partial charge in [0.25, 0.3) is 0 Å². The molecule has 0 unspecified atom stereocenters. The summed E-state index contributed by atoms with van der Waals surface area (Å²) in [6.07, 6.45) is -0.199. The van der Waals surface area contributed by atoms with Crippen LogP contribution in [0, 0.1) is 0 Å². The van der Waals surface area contributed by atoms with Crippen molar-refractivity contribution in [2.45, 2.75) is 32.8 Å². The minimum Gasteiger partial charge on any atom is -0.492 e. The quantitative estimate of drug-likeness (QED) is 0.788. The summed E-state index contributed by atoms with van der Waals surface area (Å²) in [5.74, 6) is 0.940. The summed E-state index contributed by atoms with van der Waals surface area (Å²) in [4.78, 5) is 28.0. The molecule has 0 atom stereocenters. The van der Waals surface area contributed by atoms with Gasteiger partial charge in [-0.25, -0.2) is 4.79 Å². The molecule has 0 bridgehead atoms. The van der Waals surface area contributed by atoms with Gasteiger partial charge >= 0.3 is 6.09 Å². The number of hydrogen-bond acceptors (Lipinski definition) is 5. The number of carbonyl (C=O) groups is 2. The number of carbonyl (C=O) groups excluding carboxylic acids is 2. The minimum atomic E-state index is -0.533. The van der Waals surface area contributed by atoms with Crippen molar-refractivity contribution in [1.82, 2.24) is 15.1 Å². The van der Waals surface area contributed by atoms with Crippen LogP contribution in [0.5, 0.6) is 5.75 Å². The number of benzene rings is 1. The molecule has 1 aliphatic rings. The Labute approximate surface area is 161 Å². The first-order chi connectivity index (χ1) is 12.8. The van der Waals surface area contributed by atoms with E-state index in [-0.39, 0.29) is 12.3 Å². The summed E-state index contributed by atoms with van der Waals surface area (Å²) in [6.45, 7) is 10.3. The highest BCUT2D eigenvalue weighted by Crippen LogP contribution is 2.09. The van der Waals surface area contributed by atoms with Gasteiger partial charge in [0.2, 0.25) is 5.91 Å². The summed E-state index contributed by atoms with van der Waals surface area (Å²) >= 11 is 0. The Hall–Kier alpha value is -2.28. The van der Waals surface area contributed by atoms with Crippen LogP contribution in [0.2, 0.25) is 0 Å². The maximum Gasteiger partial charge on any atom is 0.407 e. The van der Waals surface area contributed by atoms with Crippen LogP contribution >= 0.6 is 0 Å². The Morgan fingerprint density at radius 3 is 2.37 bits per heavy atom. The zero-order valence-electron chi connectivity index (χ0n) is 16.6. The van der Waals surface area contributed by atoms with Gasteiger partial charge in [-0.3, -0.25) is 9.69 Å². The van der Waals surface area contributed by atoms with E-state index in [9.17, 15) is 9.59 Å². The van der Waals surface area contributed by atoms with Gasteiger partial charge < -0.3 is 19.7 Å². The Morgan fingerprint density at radius 1 is 1.07 bits per heavy atom. The topological polar surface area (TPSA) is 71.1 Å².